The average Bonchev–Trinajstić information content (AvgIpc) is 2.42. The Hall–Kier alpha value is -0.940. The first-order valence-electron chi connectivity index (χ1n) is 3.88. The third-order valence-corrected chi connectivity index (χ3v) is 1.96. The Bertz CT molecular complexity index is 484. The smallest absolute Gasteiger partial charge is 0.232 e. The molecule has 0 saturated carbocycles. The standard InChI is InChI=1S/C8H6ClF2N3.ClH/c1-4-3-14-8(12-4)5(7(10)11)2-6(9)13-14;/h2-3,7H,1H3;1H. The molecule has 0 radical (unpaired) electrons. The van der Waals surface area contributed by atoms with Gasteiger partial charge in [0.2, 0.25) is 0 Å². The van der Waals surface area contributed by atoms with Gasteiger partial charge in [-0.1, -0.05) is 11.6 Å². The van der Waals surface area contributed by atoms with Crippen molar-refractivity contribution in [3.8, 4) is 0 Å². The minimum atomic E-state index is -2.60. The van der Waals surface area contributed by atoms with Crippen molar-refractivity contribution in [2.24, 2.45) is 0 Å². The Morgan fingerprint density at radius 3 is 2.73 bits per heavy atom. The van der Waals surface area contributed by atoms with E-state index >= 15 is 0 Å². The van der Waals surface area contributed by atoms with Crippen molar-refractivity contribution in [2.45, 2.75) is 13.3 Å². The highest BCUT2D eigenvalue weighted by molar-refractivity contribution is 6.29. The van der Waals surface area contributed by atoms with Crippen LogP contribution in [-0.4, -0.2) is 14.6 Å². The van der Waals surface area contributed by atoms with Crippen LogP contribution in [-0.2, 0) is 0 Å². The predicted molar refractivity (Wildman–Crippen MR) is 54.9 cm³/mol. The van der Waals surface area contributed by atoms with Gasteiger partial charge in [0.15, 0.2) is 10.8 Å². The van der Waals surface area contributed by atoms with Crippen LogP contribution in [0.4, 0.5) is 8.78 Å². The molecule has 82 valence electrons. The van der Waals surface area contributed by atoms with E-state index in [4.69, 9.17) is 11.6 Å². The number of hydrogen-bond donors (Lipinski definition) is 0. The van der Waals surface area contributed by atoms with Crippen molar-refractivity contribution in [3.05, 3.63) is 28.7 Å². The molecule has 15 heavy (non-hydrogen) atoms. The number of fused-ring (bicyclic) bond motifs is 1. The minimum absolute atomic E-state index is 0. The molecular weight excluding hydrogens is 247 g/mol. The second-order valence-electron chi connectivity index (χ2n) is 2.87. The molecule has 0 aliphatic rings. The molecule has 0 aliphatic carbocycles. The Kier molecular flexibility index (Phi) is 3.46. The largest absolute Gasteiger partial charge is 0.267 e. The summed E-state index contributed by atoms with van der Waals surface area (Å²) in [5.41, 5.74) is 0.585. The maximum atomic E-state index is 12.5. The quantitative estimate of drug-likeness (QED) is 0.782. The molecule has 0 aliphatic heterocycles. The molecule has 7 heteroatoms. The van der Waals surface area contributed by atoms with Gasteiger partial charge in [-0.2, -0.15) is 5.10 Å². The van der Waals surface area contributed by atoms with Crippen LogP contribution in [0.3, 0.4) is 0 Å². The van der Waals surface area contributed by atoms with Gasteiger partial charge < -0.3 is 0 Å². The molecule has 0 spiro atoms. The van der Waals surface area contributed by atoms with Gasteiger partial charge in [-0.25, -0.2) is 18.3 Å². The summed E-state index contributed by atoms with van der Waals surface area (Å²) in [6.45, 7) is 1.71. The van der Waals surface area contributed by atoms with Gasteiger partial charge in [0, 0.05) is 0 Å². The molecule has 0 atom stereocenters. The average molecular weight is 254 g/mol. The van der Waals surface area contributed by atoms with Crippen LogP contribution in [0.25, 0.3) is 5.65 Å². The van der Waals surface area contributed by atoms with E-state index in [1.165, 1.54) is 4.52 Å². The maximum Gasteiger partial charge on any atom is 0.267 e. The summed E-state index contributed by atoms with van der Waals surface area (Å²) in [5, 5.41) is 3.86. The second kappa shape index (κ2) is 4.28. The molecule has 3 nitrogen and oxygen atoms in total. The minimum Gasteiger partial charge on any atom is -0.232 e. The zero-order chi connectivity index (χ0) is 10.3. The molecule has 2 aromatic heterocycles. The monoisotopic (exact) mass is 253 g/mol. The van der Waals surface area contributed by atoms with E-state index in [1.807, 2.05) is 0 Å². The lowest BCUT2D eigenvalue weighted by Gasteiger charge is -2.01. The van der Waals surface area contributed by atoms with Crippen LogP contribution in [0.1, 0.15) is 17.7 Å². The number of imidazole rings is 1. The van der Waals surface area contributed by atoms with Gasteiger partial charge in [-0.05, 0) is 13.0 Å². The normalized spacial score (nSPS) is 10.7. The first kappa shape index (κ1) is 12.1. The highest BCUT2D eigenvalue weighted by Crippen LogP contribution is 2.24. The van der Waals surface area contributed by atoms with E-state index in [0.29, 0.717) is 5.69 Å². The topological polar surface area (TPSA) is 30.2 Å². The molecule has 2 aromatic rings. The first-order valence-corrected chi connectivity index (χ1v) is 4.26. The lowest BCUT2D eigenvalue weighted by molar-refractivity contribution is 0.152. The molecule has 2 rings (SSSR count). The lowest BCUT2D eigenvalue weighted by atomic mass is 10.3. The Balaban J connectivity index is 0.00000112. The summed E-state index contributed by atoms with van der Waals surface area (Å²) in [4.78, 5) is 3.94. The van der Waals surface area contributed by atoms with Crippen LogP contribution < -0.4 is 0 Å². The molecule has 0 fully saturated rings. The van der Waals surface area contributed by atoms with Gasteiger partial charge in [0.1, 0.15) is 0 Å². The zero-order valence-electron chi connectivity index (χ0n) is 7.62. The lowest BCUT2D eigenvalue weighted by Crippen LogP contribution is -1.97. The summed E-state index contributed by atoms with van der Waals surface area (Å²) in [6, 6.07) is 1.13. The van der Waals surface area contributed by atoms with E-state index in [9.17, 15) is 8.78 Å². The molecule has 0 unspecified atom stereocenters. The molecule has 2 heterocycles. The molecule has 0 bridgehead atoms. The van der Waals surface area contributed by atoms with Crippen LogP contribution in [0.2, 0.25) is 5.15 Å². The number of hydrogen-bond acceptors (Lipinski definition) is 2. The molecule has 0 N–H and O–H groups in total. The van der Waals surface area contributed by atoms with Crippen LogP contribution in [0.5, 0.6) is 0 Å². The molecule has 0 amide bonds. The van der Waals surface area contributed by atoms with Crippen molar-refractivity contribution < 1.29 is 8.78 Å². The first-order chi connectivity index (χ1) is 6.58. The van der Waals surface area contributed by atoms with Crippen LogP contribution >= 0.6 is 24.0 Å². The van der Waals surface area contributed by atoms with Gasteiger partial charge in [-0.3, -0.25) is 0 Å². The summed E-state index contributed by atoms with van der Waals surface area (Å²) in [5.74, 6) is 0. The van der Waals surface area contributed by atoms with Crippen molar-refractivity contribution >= 4 is 29.7 Å². The Morgan fingerprint density at radius 1 is 1.47 bits per heavy atom. The van der Waals surface area contributed by atoms with Crippen LogP contribution in [0.15, 0.2) is 12.3 Å². The fourth-order valence-corrected chi connectivity index (χ4v) is 1.44. The van der Waals surface area contributed by atoms with Gasteiger partial charge >= 0.3 is 0 Å². The number of halogens is 4. The second-order valence-corrected chi connectivity index (χ2v) is 3.26. The fourth-order valence-electron chi connectivity index (χ4n) is 1.24. The number of aryl methyl sites for hydroxylation is 1. The van der Waals surface area contributed by atoms with E-state index < -0.39 is 6.43 Å². The molecular formula is C8H7Cl2F2N3. The van der Waals surface area contributed by atoms with Crippen molar-refractivity contribution in [1.29, 1.82) is 0 Å². The summed E-state index contributed by atoms with van der Waals surface area (Å²) >= 11 is 5.58. The summed E-state index contributed by atoms with van der Waals surface area (Å²) < 4.78 is 26.4. The fraction of sp³-hybridized carbons (Fsp3) is 0.250. The van der Waals surface area contributed by atoms with Gasteiger partial charge in [-0.15, -0.1) is 12.4 Å². The third-order valence-electron chi connectivity index (χ3n) is 1.78. The third kappa shape index (κ3) is 2.18. The van der Waals surface area contributed by atoms with Crippen molar-refractivity contribution in [1.82, 2.24) is 14.6 Å². The number of rotatable bonds is 1. The highest BCUT2D eigenvalue weighted by Gasteiger charge is 2.15. The maximum absolute atomic E-state index is 12.5. The van der Waals surface area contributed by atoms with Gasteiger partial charge in [0.05, 0.1) is 17.5 Å². The molecule has 0 aromatic carbocycles. The van der Waals surface area contributed by atoms with Crippen LogP contribution in [0, 0.1) is 6.92 Å². The van der Waals surface area contributed by atoms with Crippen molar-refractivity contribution in [3.63, 3.8) is 0 Å². The van der Waals surface area contributed by atoms with Gasteiger partial charge in [0.25, 0.3) is 6.43 Å². The van der Waals surface area contributed by atoms with E-state index in [0.717, 1.165) is 6.07 Å². The van der Waals surface area contributed by atoms with Crippen molar-refractivity contribution in [2.75, 3.05) is 0 Å². The molecule has 0 saturated heterocycles. The zero-order valence-corrected chi connectivity index (χ0v) is 9.19. The number of alkyl halides is 2. The summed E-state index contributed by atoms with van der Waals surface area (Å²) in [7, 11) is 0. The SMILES string of the molecule is Cc1cn2nc(Cl)cc(C(F)F)c2n1.Cl. The Labute approximate surface area is 95.5 Å². The summed E-state index contributed by atoms with van der Waals surface area (Å²) in [6.07, 6.45) is -1.05. The number of nitrogens with zero attached hydrogens (tertiary/aromatic N) is 3. The number of aromatic nitrogens is 3. The Morgan fingerprint density at radius 2 is 2.13 bits per heavy atom. The van der Waals surface area contributed by atoms with E-state index in [-0.39, 0.29) is 28.8 Å². The van der Waals surface area contributed by atoms with E-state index in [1.54, 1.807) is 13.1 Å². The predicted octanol–water partition coefficient (Wildman–Crippen LogP) is 3.05. The highest BCUT2D eigenvalue weighted by atomic mass is 35.5. The van der Waals surface area contributed by atoms with E-state index in [2.05, 4.69) is 10.1 Å².